The maximum Gasteiger partial charge on any atom is 0.331 e. The molecule has 1 heterocycles. The van der Waals surface area contributed by atoms with Crippen LogP contribution >= 0.6 is 0 Å². The van der Waals surface area contributed by atoms with Crippen molar-refractivity contribution in [3.8, 4) is 0 Å². The maximum absolute atomic E-state index is 10.7. The molecule has 1 aliphatic heterocycles. The Balaban J connectivity index is 2.68. The van der Waals surface area contributed by atoms with Crippen molar-refractivity contribution >= 4 is 5.97 Å². The average Bonchev–Trinajstić information content (AvgIpc) is 2.10. The SMILES string of the molecule is CC1=CC(=O)OC1C(C)C. The van der Waals surface area contributed by atoms with Crippen LogP contribution in [0.3, 0.4) is 0 Å². The van der Waals surface area contributed by atoms with Crippen LogP contribution in [-0.4, -0.2) is 12.1 Å². The van der Waals surface area contributed by atoms with Gasteiger partial charge in [-0.1, -0.05) is 13.8 Å². The number of carbonyl (C=O) groups is 1. The minimum absolute atomic E-state index is 0.0208. The zero-order valence-electron chi connectivity index (χ0n) is 6.55. The summed E-state index contributed by atoms with van der Waals surface area (Å²) in [4.78, 5) is 10.7. The summed E-state index contributed by atoms with van der Waals surface area (Å²) < 4.78 is 5.00. The summed E-state index contributed by atoms with van der Waals surface area (Å²) in [6.07, 6.45) is 1.58. The van der Waals surface area contributed by atoms with E-state index in [0.29, 0.717) is 5.92 Å². The molecule has 0 aromatic carbocycles. The summed E-state index contributed by atoms with van der Waals surface area (Å²) in [5.41, 5.74) is 1.04. The second-order valence-electron chi connectivity index (χ2n) is 2.99. The monoisotopic (exact) mass is 140 g/mol. The predicted molar refractivity (Wildman–Crippen MR) is 38.5 cm³/mol. The Labute approximate surface area is 60.9 Å². The number of hydrogen-bond donors (Lipinski definition) is 0. The van der Waals surface area contributed by atoms with Crippen molar-refractivity contribution in [1.29, 1.82) is 0 Å². The summed E-state index contributed by atoms with van der Waals surface area (Å²) >= 11 is 0. The van der Waals surface area contributed by atoms with Gasteiger partial charge in [-0.25, -0.2) is 4.79 Å². The van der Waals surface area contributed by atoms with Crippen molar-refractivity contribution in [2.75, 3.05) is 0 Å². The van der Waals surface area contributed by atoms with Gasteiger partial charge in [0.05, 0.1) is 0 Å². The molecule has 0 aromatic rings. The van der Waals surface area contributed by atoms with Crippen LogP contribution in [0.25, 0.3) is 0 Å². The van der Waals surface area contributed by atoms with E-state index in [1.807, 2.05) is 20.8 Å². The van der Waals surface area contributed by atoms with Crippen LogP contribution in [0, 0.1) is 5.92 Å². The quantitative estimate of drug-likeness (QED) is 0.516. The lowest BCUT2D eigenvalue weighted by molar-refractivity contribution is -0.140. The van der Waals surface area contributed by atoms with Gasteiger partial charge >= 0.3 is 5.97 Å². The molecule has 0 aromatic heterocycles. The number of rotatable bonds is 1. The average molecular weight is 140 g/mol. The lowest BCUT2D eigenvalue weighted by Crippen LogP contribution is -2.17. The molecule has 0 spiro atoms. The van der Waals surface area contributed by atoms with Crippen molar-refractivity contribution < 1.29 is 9.53 Å². The smallest absolute Gasteiger partial charge is 0.331 e. The first-order valence-corrected chi connectivity index (χ1v) is 3.50. The Morgan fingerprint density at radius 2 is 2.20 bits per heavy atom. The van der Waals surface area contributed by atoms with Gasteiger partial charge in [-0.15, -0.1) is 0 Å². The molecule has 0 bridgehead atoms. The van der Waals surface area contributed by atoms with E-state index < -0.39 is 0 Å². The fraction of sp³-hybridized carbons (Fsp3) is 0.625. The highest BCUT2D eigenvalue weighted by Crippen LogP contribution is 2.21. The fourth-order valence-corrected chi connectivity index (χ4v) is 1.18. The molecule has 0 fully saturated rings. The summed E-state index contributed by atoms with van der Waals surface area (Å²) in [6, 6.07) is 0. The highest BCUT2D eigenvalue weighted by molar-refractivity contribution is 5.85. The van der Waals surface area contributed by atoms with Gasteiger partial charge in [0.15, 0.2) is 0 Å². The summed E-state index contributed by atoms with van der Waals surface area (Å²) in [7, 11) is 0. The second-order valence-corrected chi connectivity index (χ2v) is 2.99. The molecule has 2 heteroatoms. The van der Waals surface area contributed by atoms with Crippen LogP contribution in [0.15, 0.2) is 11.6 Å². The van der Waals surface area contributed by atoms with Gasteiger partial charge in [0.2, 0.25) is 0 Å². The molecule has 0 amide bonds. The van der Waals surface area contributed by atoms with Crippen LogP contribution in [0.5, 0.6) is 0 Å². The van der Waals surface area contributed by atoms with E-state index in [9.17, 15) is 4.79 Å². The van der Waals surface area contributed by atoms with Gasteiger partial charge in [0, 0.05) is 6.08 Å². The van der Waals surface area contributed by atoms with Crippen molar-refractivity contribution in [3.63, 3.8) is 0 Å². The molecular weight excluding hydrogens is 128 g/mol. The van der Waals surface area contributed by atoms with E-state index in [1.165, 1.54) is 0 Å². The van der Waals surface area contributed by atoms with Gasteiger partial charge in [0.1, 0.15) is 6.10 Å². The lowest BCUT2D eigenvalue weighted by Gasteiger charge is -2.14. The van der Waals surface area contributed by atoms with E-state index in [2.05, 4.69) is 0 Å². The standard InChI is InChI=1S/C8H12O2/c1-5(2)8-6(3)4-7(9)10-8/h4-5,8H,1-3H3. The highest BCUT2D eigenvalue weighted by atomic mass is 16.5. The van der Waals surface area contributed by atoms with Gasteiger partial charge < -0.3 is 4.74 Å². The fourth-order valence-electron chi connectivity index (χ4n) is 1.18. The summed E-state index contributed by atoms with van der Waals surface area (Å²) in [5.74, 6) is 0.193. The van der Waals surface area contributed by atoms with Gasteiger partial charge in [-0.3, -0.25) is 0 Å². The molecule has 0 saturated carbocycles. The molecule has 1 rings (SSSR count). The topological polar surface area (TPSA) is 26.3 Å². The van der Waals surface area contributed by atoms with Crippen LogP contribution < -0.4 is 0 Å². The molecule has 0 saturated heterocycles. The number of ether oxygens (including phenoxy) is 1. The molecule has 1 aliphatic rings. The zero-order chi connectivity index (χ0) is 7.72. The molecule has 1 unspecified atom stereocenters. The molecule has 0 aliphatic carbocycles. The molecule has 2 nitrogen and oxygen atoms in total. The van der Waals surface area contributed by atoms with Crippen LogP contribution in [0.4, 0.5) is 0 Å². The Hall–Kier alpha value is -0.790. The van der Waals surface area contributed by atoms with Gasteiger partial charge in [-0.2, -0.15) is 0 Å². The minimum atomic E-state index is -0.198. The first kappa shape index (κ1) is 7.32. The van der Waals surface area contributed by atoms with Crippen LogP contribution in [0.1, 0.15) is 20.8 Å². The Morgan fingerprint density at radius 1 is 1.60 bits per heavy atom. The Bertz CT molecular complexity index is 180. The number of cyclic esters (lactones) is 1. The number of carbonyl (C=O) groups excluding carboxylic acids is 1. The molecule has 0 N–H and O–H groups in total. The van der Waals surface area contributed by atoms with Crippen molar-refractivity contribution in [3.05, 3.63) is 11.6 Å². The van der Waals surface area contributed by atoms with E-state index in [0.717, 1.165) is 5.57 Å². The highest BCUT2D eigenvalue weighted by Gasteiger charge is 2.25. The molecule has 0 radical (unpaired) electrons. The number of hydrogen-bond acceptors (Lipinski definition) is 2. The normalized spacial score (nSPS) is 25.0. The molecule has 1 atom stereocenters. The van der Waals surface area contributed by atoms with Crippen molar-refractivity contribution in [1.82, 2.24) is 0 Å². The molecule has 10 heavy (non-hydrogen) atoms. The molecule has 56 valence electrons. The number of esters is 1. The van der Waals surface area contributed by atoms with E-state index in [1.54, 1.807) is 6.08 Å². The van der Waals surface area contributed by atoms with E-state index in [-0.39, 0.29) is 12.1 Å². The zero-order valence-corrected chi connectivity index (χ0v) is 6.55. The first-order valence-electron chi connectivity index (χ1n) is 3.50. The largest absolute Gasteiger partial charge is 0.454 e. The van der Waals surface area contributed by atoms with Gasteiger partial charge in [0.25, 0.3) is 0 Å². The summed E-state index contributed by atoms with van der Waals surface area (Å²) in [6.45, 7) is 6.01. The Kier molecular flexibility index (Phi) is 1.79. The van der Waals surface area contributed by atoms with E-state index >= 15 is 0 Å². The predicted octanol–water partition coefficient (Wildman–Crippen LogP) is 1.51. The van der Waals surface area contributed by atoms with Crippen LogP contribution in [0.2, 0.25) is 0 Å². The lowest BCUT2D eigenvalue weighted by atomic mass is 10.0. The minimum Gasteiger partial charge on any atom is -0.454 e. The third-order valence-corrected chi connectivity index (χ3v) is 1.64. The van der Waals surface area contributed by atoms with E-state index in [4.69, 9.17) is 4.74 Å². The Morgan fingerprint density at radius 3 is 2.40 bits per heavy atom. The van der Waals surface area contributed by atoms with Crippen molar-refractivity contribution in [2.45, 2.75) is 26.9 Å². The van der Waals surface area contributed by atoms with Gasteiger partial charge in [-0.05, 0) is 18.4 Å². The van der Waals surface area contributed by atoms with Crippen LogP contribution in [-0.2, 0) is 9.53 Å². The summed E-state index contributed by atoms with van der Waals surface area (Å²) in [5, 5.41) is 0. The third kappa shape index (κ3) is 1.20. The third-order valence-electron chi connectivity index (χ3n) is 1.64. The maximum atomic E-state index is 10.7. The second kappa shape index (κ2) is 2.45. The first-order chi connectivity index (χ1) is 4.61. The van der Waals surface area contributed by atoms with Crippen molar-refractivity contribution in [2.24, 2.45) is 5.92 Å². The molecular formula is C8H12O2.